The summed E-state index contributed by atoms with van der Waals surface area (Å²) < 4.78 is 6.70. The molecule has 0 saturated carbocycles. The topological polar surface area (TPSA) is 62.6 Å². The molecular weight excluding hydrogens is 360 g/mol. The predicted octanol–water partition coefficient (Wildman–Crippen LogP) is 3.79. The third kappa shape index (κ3) is 3.12. The van der Waals surface area contributed by atoms with Crippen LogP contribution in [0.1, 0.15) is 5.76 Å². The fourth-order valence-electron chi connectivity index (χ4n) is 2.21. The van der Waals surface area contributed by atoms with Gasteiger partial charge in [-0.25, -0.2) is 4.79 Å². The number of carbonyl (C=O) groups excluding carboxylic acids is 2. The number of nitrogens with one attached hydrogen (secondary N) is 1. The first-order chi connectivity index (χ1) is 11.1. The van der Waals surface area contributed by atoms with Crippen LogP contribution in [0.25, 0.3) is 17.4 Å². The third-order valence-corrected chi connectivity index (χ3v) is 3.84. The van der Waals surface area contributed by atoms with Gasteiger partial charge in [0.05, 0.1) is 0 Å². The lowest BCUT2D eigenvalue weighted by molar-refractivity contribution is -0.122. The van der Waals surface area contributed by atoms with Gasteiger partial charge in [0.1, 0.15) is 17.2 Å². The highest BCUT2D eigenvalue weighted by atomic mass is 79.9. The number of carbonyl (C=O) groups is 2. The van der Waals surface area contributed by atoms with E-state index >= 15 is 0 Å². The second-order valence-electron chi connectivity index (χ2n) is 4.90. The van der Waals surface area contributed by atoms with Crippen molar-refractivity contribution in [3.8, 4) is 11.3 Å². The van der Waals surface area contributed by atoms with Crippen LogP contribution in [0.5, 0.6) is 0 Å². The smallest absolute Gasteiger partial charge is 0.329 e. The molecule has 2 aromatic rings. The van der Waals surface area contributed by atoms with Crippen molar-refractivity contribution in [2.75, 3.05) is 6.54 Å². The molecule has 1 aromatic heterocycles. The van der Waals surface area contributed by atoms with Gasteiger partial charge >= 0.3 is 6.03 Å². The predicted molar refractivity (Wildman–Crippen MR) is 90.3 cm³/mol. The zero-order valence-electron chi connectivity index (χ0n) is 12.1. The largest absolute Gasteiger partial charge is 0.457 e. The van der Waals surface area contributed by atoms with E-state index in [1.165, 1.54) is 12.2 Å². The fourth-order valence-corrected chi connectivity index (χ4v) is 2.47. The normalized spacial score (nSPS) is 16.0. The van der Waals surface area contributed by atoms with Crippen LogP contribution in [0.4, 0.5) is 4.79 Å². The fraction of sp³-hybridized carbons (Fsp3) is 0.0588. The molecule has 0 spiro atoms. The second-order valence-corrected chi connectivity index (χ2v) is 5.82. The van der Waals surface area contributed by atoms with E-state index in [2.05, 4.69) is 27.8 Å². The highest BCUT2D eigenvalue weighted by Crippen LogP contribution is 2.25. The molecule has 23 heavy (non-hydrogen) atoms. The molecular formula is C17H13BrN2O3. The molecule has 0 atom stereocenters. The number of imide groups is 1. The van der Waals surface area contributed by atoms with E-state index in [1.807, 2.05) is 30.3 Å². The standard InChI is InChI=1S/C17H13BrN2O3/c1-2-9-20-16(21)14(19-17(20)22)10-13-7-8-15(23-13)11-3-5-12(18)6-4-11/h2-8,10H,1,9H2,(H,19,22)/b14-10-. The Balaban J connectivity index is 1.84. The Morgan fingerprint density at radius 3 is 2.61 bits per heavy atom. The molecule has 5 nitrogen and oxygen atoms in total. The zero-order chi connectivity index (χ0) is 16.4. The Morgan fingerprint density at radius 1 is 1.17 bits per heavy atom. The first-order valence-corrected chi connectivity index (χ1v) is 7.69. The van der Waals surface area contributed by atoms with Gasteiger partial charge in [-0.2, -0.15) is 0 Å². The minimum absolute atomic E-state index is 0.171. The lowest BCUT2D eigenvalue weighted by atomic mass is 10.2. The molecule has 0 bridgehead atoms. The first kappa shape index (κ1) is 15.3. The van der Waals surface area contributed by atoms with E-state index in [4.69, 9.17) is 4.42 Å². The number of amides is 3. The van der Waals surface area contributed by atoms with E-state index in [-0.39, 0.29) is 12.2 Å². The minimum atomic E-state index is -0.458. The van der Waals surface area contributed by atoms with Crippen molar-refractivity contribution in [2.45, 2.75) is 0 Å². The van der Waals surface area contributed by atoms with Gasteiger partial charge in [-0.15, -0.1) is 6.58 Å². The van der Waals surface area contributed by atoms with Crippen LogP contribution < -0.4 is 5.32 Å². The SMILES string of the molecule is C=CCN1C(=O)N/C(=C\c2ccc(-c3ccc(Br)cc3)o2)C1=O. The molecule has 1 N–H and O–H groups in total. The highest BCUT2D eigenvalue weighted by Gasteiger charge is 2.32. The highest BCUT2D eigenvalue weighted by molar-refractivity contribution is 9.10. The molecule has 3 rings (SSSR count). The summed E-state index contributed by atoms with van der Waals surface area (Å²) in [6, 6.07) is 10.8. The maximum atomic E-state index is 12.1. The van der Waals surface area contributed by atoms with Crippen molar-refractivity contribution in [3.63, 3.8) is 0 Å². The van der Waals surface area contributed by atoms with Crippen LogP contribution in [-0.4, -0.2) is 23.4 Å². The molecule has 0 aliphatic carbocycles. The number of hydrogen-bond donors (Lipinski definition) is 1. The van der Waals surface area contributed by atoms with Crippen LogP contribution in [0.2, 0.25) is 0 Å². The van der Waals surface area contributed by atoms with Gasteiger partial charge in [0.25, 0.3) is 5.91 Å². The molecule has 1 aliphatic heterocycles. The van der Waals surface area contributed by atoms with Crippen LogP contribution in [0, 0.1) is 0 Å². The minimum Gasteiger partial charge on any atom is -0.457 e. The Kier molecular flexibility index (Phi) is 4.16. The Hall–Kier alpha value is -2.60. The van der Waals surface area contributed by atoms with Crippen molar-refractivity contribution in [1.29, 1.82) is 0 Å². The van der Waals surface area contributed by atoms with E-state index in [1.54, 1.807) is 6.07 Å². The lowest BCUT2D eigenvalue weighted by Gasteiger charge is -2.06. The monoisotopic (exact) mass is 372 g/mol. The summed E-state index contributed by atoms with van der Waals surface area (Å²) in [6.45, 7) is 3.70. The average molecular weight is 373 g/mol. The maximum Gasteiger partial charge on any atom is 0.329 e. The Labute approximate surface area is 141 Å². The van der Waals surface area contributed by atoms with Gasteiger partial charge in [0.2, 0.25) is 0 Å². The number of nitrogens with zero attached hydrogens (tertiary/aromatic N) is 1. The van der Waals surface area contributed by atoms with Crippen LogP contribution in [-0.2, 0) is 4.79 Å². The summed E-state index contributed by atoms with van der Waals surface area (Å²) in [5.74, 6) is 0.785. The van der Waals surface area contributed by atoms with Crippen molar-refractivity contribution in [1.82, 2.24) is 10.2 Å². The van der Waals surface area contributed by atoms with E-state index in [9.17, 15) is 9.59 Å². The number of hydrogen-bond acceptors (Lipinski definition) is 3. The first-order valence-electron chi connectivity index (χ1n) is 6.89. The summed E-state index contributed by atoms with van der Waals surface area (Å²) in [4.78, 5) is 24.9. The number of furan rings is 1. The van der Waals surface area contributed by atoms with Crippen LogP contribution in [0.15, 0.2) is 63.6 Å². The summed E-state index contributed by atoms with van der Waals surface area (Å²) >= 11 is 3.38. The lowest BCUT2D eigenvalue weighted by Crippen LogP contribution is -2.30. The van der Waals surface area contributed by atoms with E-state index in [0.717, 1.165) is 14.9 Å². The van der Waals surface area contributed by atoms with Crippen molar-refractivity contribution in [3.05, 3.63) is 65.0 Å². The quantitative estimate of drug-likeness (QED) is 0.504. The third-order valence-electron chi connectivity index (χ3n) is 3.32. The Bertz CT molecular complexity index is 806. The molecule has 116 valence electrons. The molecule has 1 aliphatic rings. The molecule has 0 unspecified atom stereocenters. The average Bonchev–Trinajstić information content (AvgIpc) is 3.09. The zero-order valence-corrected chi connectivity index (χ0v) is 13.7. The molecule has 3 amide bonds. The van der Waals surface area contributed by atoms with Gasteiger partial charge in [-0.1, -0.05) is 34.1 Å². The summed E-state index contributed by atoms with van der Waals surface area (Å²) in [6.07, 6.45) is 3.02. The van der Waals surface area contributed by atoms with Gasteiger partial charge < -0.3 is 9.73 Å². The number of halogens is 1. The molecule has 1 aromatic carbocycles. The van der Waals surface area contributed by atoms with Crippen molar-refractivity contribution in [2.24, 2.45) is 0 Å². The Morgan fingerprint density at radius 2 is 1.91 bits per heavy atom. The van der Waals surface area contributed by atoms with E-state index in [0.29, 0.717) is 11.5 Å². The van der Waals surface area contributed by atoms with Gasteiger partial charge in [0.15, 0.2) is 0 Å². The molecule has 0 radical (unpaired) electrons. The summed E-state index contributed by atoms with van der Waals surface area (Å²) in [5.41, 5.74) is 1.11. The van der Waals surface area contributed by atoms with Crippen molar-refractivity contribution >= 4 is 33.9 Å². The molecule has 1 fully saturated rings. The maximum absolute atomic E-state index is 12.1. The number of rotatable bonds is 4. The van der Waals surface area contributed by atoms with Gasteiger partial charge in [0, 0.05) is 22.7 Å². The van der Waals surface area contributed by atoms with E-state index < -0.39 is 11.9 Å². The number of urea groups is 1. The summed E-state index contributed by atoms with van der Waals surface area (Å²) in [5, 5.41) is 2.53. The summed E-state index contributed by atoms with van der Waals surface area (Å²) in [7, 11) is 0. The van der Waals surface area contributed by atoms with Gasteiger partial charge in [-0.05, 0) is 24.3 Å². The molecule has 6 heteroatoms. The second kappa shape index (κ2) is 6.26. The number of benzene rings is 1. The van der Waals surface area contributed by atoms with Crippen LogP contribution >= 0.6 is 15.9 Å². The van der Waals surface area contributed by atoms with Gasteiger partial charge in [-0.3, -0.25) is 9.69 Å². The van der Waals surface area contributed by atoms with Crippen LogP contribution in [0.3, 0.4) is 0 Å². The molecule has 2 heterocycles. The molecule has 1 saturated heterocycles. The van der Waals surface area contributed by atoms with Crippen molar-refractivity contribution < 1.29 is 14.0 Å².